The number of aromatic nitrogens is 2. The number of hydrogen-bond acceptors (Lipinski definition) is 9. The van der Waals surface area contributed by atoms with Gasteiger partial charge in [0.2, 0.25) is 5.95 Å². The Kier molecular flexibility index (Phi) is 4.81. The predicted molar refractivity (Wildman–Crippen MR) is 138 cm³/mol. The molecule has 0 atom stereocenters. The number of benzene rings is 2. The van der Waals surface area contributed by atoms with Crippen LogP contribution in [0.15, 0.2) is 53.1 Å². The fraction of sp³-hybridized carbons (Fsp3) is 0.231. The largest absolute Gasteiger partial charge is 0.476 e. The van der Waals surface area contributed by atoms with Crippen molar-refractivity contribution < 1.29 is 23.5 Å². The van der Waals surface area contributed by atoms with Gasteiger partial charge in [0.05, 0.1) is 17.6 Å². The number of carbonyl (C=O) groups excluding carboxylic acids is 2. The van der Waals surface area contributed by atoms with Crippen molar-refractivity contribution in [2.24, 2.45) is 0 Å². The third-order valence-electron chi connectivity index (χ3n) is 6.10. The Balaban J connectivity index is 1.29. The summed E-state index contributed by atoms with van der Waals surface area (Å²) in [7, 11) is 0. The molecular formula is C26H24N6O5. The molecule has 37 heavy (non-hydrogen) atoms. The number of anilines is 6. The second-order valence-electron chi connectivity index (χ2n) is 9.84. The third kappa shape index (κ3) is 4.03. The van der Waals surface area contributed by atoms with Gasteiger partial charge < -0.3 is 35.2 Å². The summed E-state index contributed by atoms with van der Waals surface area (Å²) >= 11 is 0. The highest BCUT2D eigenvalue weighted by atomic mass is 16.5. The molecule has 2 aromatic heterocycles. The van der Waals surface area contributed by atoms with Crippen LogP contribution >= 0.6 is 0 Å². The number of carbonyl (C=O) groups is 2. The van der Waals surface area contributed by atoms with Crippen LogP contribution in [0.25, 0.3) is 11.1 Å². The van der Waals surface area contributed by atoms with Crippen molar-refractivity contribution in [1.29, 1.82) is 0 Å². The van der Waals surface area contributed by atoms with E-state index in [0.29, 0.717) is 57.1 Å². The van der Waals surface area contributed by atoms with Gasteiger partial charge >= 0.3 is 0 Å². The van der Waals surface area contributed by atoms with Crippen molar-refractivity contribution in [2.75, 3.05) is 21.3 Å². The Labute approximate surface area is 211 Å². The van der Waals surface area contributed by atoms with Gasteiger partial charge in [0, 0.05) is 17.4 Å². The van der Waals surface area contributed by atoms with Crippen molar-refractivity contribution in [1.82, 2.24) is 9.97 Å². The number of nitrogens with zero attached hydrogens (tertiary/aromatic N) is 2. The van der Waals surface area contributed by atoms with Gasteiger partial charge in [-0.2, -0.15) is 4.98 Å². The number of furan rings is 1. The fourth-order valence-electron chi connectivity index (χ4n) is 4.05. The normalized spacial score (nSPS) is 17.0. The maximum Gasteiger partial charge on any atom is 0.268 e. The zero-order valence-electron chi connectivity index (χ0n) is 20.6. The second-order valence-corrected chi connectivity index (χ2v) is 9.84. The first-order valence-electron chi connectivity index (χ1n) is 11.7. The maximum absolute atomic E-state index is 12.3. The van der Waals surface area contributed by atoms with Crippen LogP contribution in [0.1, 0.15) is 27.7 Å². The molecule has 4 heterocycles. The van der Waals surface area contributed by atoms with Crippen LogP contribution in [-0.2, 0) is 9.59 Å². The minimum absolute atomic E-state index is 0.227. The van der Waals surface area contributed by atoms with E-state index in [1.54, 1.807) is 58.0 Å². The molecule has 2 aromatic carbocycles. The highest BCUT2D eigenvalue weighted by Gasteiger charge is 2.36. The van der Waals surface area contributed by atoms with Gasteiger partial charge in [-0.05, 0) is 64.1 Å². The van der Waals surface area contributed by atoms with Crippen LogP contribution < -0.4 is 30.7 Å². The second kappa shape index (κ2) is 7.85. The molecule has 0 unspecified atom stereocenters. The summed E-state index contributed by atoms with van der Waals surface area (Å²) in [5, 5.41) is 12.2. The molecule has 0 spiro atoms. The Morgan fingerprint density at radius 1 is 0.757 bits per heavy atom. The van der Waals surface area contributed by atoms with E-state index in [-0.39, 0.29) is 11.8 Å². The molecule has 188 valence electrons. The Bertz CT molecular complexity index is 1590. The summed E-state index contributed by atoms with van der Waals surface area (Å²) in [6.07, 6.45) is 1.53. The monoisotopic (exact) mass is 500 g/mol. The number of fused-ring (bicyclic) bond motifs is 3. The van der Waals surface area contributed by atoms with E-state index in [1.807, 2.05) is 12.1 Å². The number of ether oxygens (including phenoxy) is 2. The van der Waals surface area contributed by atoms with E-state index < -0.39 is 11.2 Å². The molecule has 6 rings (SSSR count). The number of amides is 2. The molecule has 0 fully saturated rings. The zero-order valence-corrected chi connectivity index (χ0v) is 20.6. The molecule has 4 N–H and O–H groups in total. The summed E-state index contributed by atoms with van der Waals surface area (Å²) in [5.41, 5.74) is 1.61. The molecule has 0 saturated heterocycles. The summed E-state index contributed by atoms with van der Waals surface area (Å²) in [6.45, 7) is 6.85. The summed E-state index contributed by atoms with van der Waals surface area (Å²) in [4.78, 5) is 33.7. The van der Waals surface area contributed by atoms with Crippen molar-refractivity contribution in [3.8, 4) is 11.5 Å². The molecule has 4 aromatic rings. The highest BCUT2D eigenvalue weighted by Crippen LogP contribution is 2.38. The highest BCUT2D eigenvalue weighted by molar-refractivity contribution is 6.01. The van der Waals surface area contributed by atoms with E-state index in [1.165, 1.54) is 6.26 Å². The first-order chi connectivity index (χ1) is 17.6. The molecule has 11 heteroatoms. The Hall–Kier alpha value is -4.80. The van der Waals surface area contributed by atoms with Crippen molar-refractivity contribution in [3.63, 3.8) is 0 Å². The molecule has 0 bridgehead atoms. The van der Waals surface area contributed by atoms with Crippen LogP contribution in [0.5, 0.6) is 11.5 Å². The molecule has 0 aliphatic carbocycles. The molecule has 2 aliphatic rings. The Morgan fingerprint density at radius 3 is 1.92 bits per heavy atom. The van der Waals surface area contributed by atoms with E-state index >= 15 is 0 Å². The first kappa shape index (κ1) is 22.7. The number of rotatable bonds is 4. The van der Waals surface area contributed by atoms with Gasteiger partial charge in [-0.15, -0.1) is 0 Å². The maximum atomic E-state index is 12.3. The summed E-state index contributed by atoms with van der Waals surface area (Å²) in [6, 6.07) is 12.5. The van der Waals surface area contributed by atoms with Gasteiger partial charge in [-0.1, -0.05) is 0 Å². The first-order valence-corrected chi connectivity index (χ1v) is 11.7. The standard InChI is InChI=1S/C26H24N6O5/c1-25(2)22(33)29-16-11-13(5-7-18(16)36-25)27-21-20-15(9-10-35-20)31-24(32-21)28-14-6-8-19-17(12-14)30-23(34)26(3,4)37-19/h5-12H,1-4H3,(H,29,33)(H,30,34)(H2,27,28,31,32). The van der Waals surface area contributed by atoms with Gasteiger partial charge in [0.15, 0.2) is 22.6 Å². The van der Waals surface area contributed by atoms with Gasteiger partial charge in [0.25, 0.3) is 11.8 Å². The van der Waals surface area contributed by atoms with Gasteiger partial charge in [0.1, 0.15) is 17.0 Å². The average Bonchev–Trinajstić information content (AvgIpc) is 3.30. The average molecular weight is 501 g/mol. The molecule has 0 radical (unpaired) electrons. The fourth-order valence-corrected chi connectivity index (χ4v) is 4.05. The lowest BCUT2D eigenvalue weighted by Gasteiger charge is -2.31. The van der Waals surface area contributed by atoms with Gasteiger partial charge in [-0.25, -0.2) is 4.98 Å². The van der Waals surface area contributed by atoms with Crippen molar-refractivity contribution in [2.45, 2.75) is 38.9 Å². The van der Waals surface area contributed by atoms with E-state index in [2.05, 4.69) is 31.2 Å². The minimum atomic E-state index is -0.947. The molecule has 2 amide bonds. The lowest BCUT2D eigenvalue weighted by atomic mass is 10.1. The van der Waals surface area contributed by atoms with Crippen LogP contribution in [0.3, 0.4) is 0 Å². The topological polar surface area (TPSA) is 140 Å². The minimum Gasteiger partial charge on any atom is -0.476 e. The Morgan fingerprint density at radius 2 is 1.32 bits per heavy atom. The van der Waals surface area contributed by atoms with Crippen LogP contribution in [0.4, 0.5) is 34.5 Å². The third-order valence-corrected chi connectivity index (χ3v) is 6.10. The zero-order chi connectivity index (χ0) is 25.9. The smallest absolute Gasteiger partial charge is 0.268 e. The SMILES string of the molecule is CC1(C)Oc2ccc(Nc3nc(Nc4ccc5c(c4)NC(=O)C(C)(C)O5)c4occc4n3)cc2NC1=O. The molecule has 0 saturated carbocycles. The molecule has 11 nitrogen and oxygen atoms in total. The van der Waals surface area contributed by atoms with Crippen molar-refractivity contribution in [3.05, 3.63) is 48.7 Å². The summed E-state index contributed by atoms with van der Waals surface area (Å²) in [5.74, 6) is 1.45. The van der Waals surface area contributed by atoms with E-state index in [0.717, 1.165) is 0 Å². The lowest BCUT2D eigenvalue weighted by Crippen LogP contribution is -2.45. The lowest BCUT2D eigenvalue weighted by molar-refractivity contribution is -0.130. The van der Waals surface area contributed by atoms with Crippen LogP contribution in [-0.4, -0.2) is 33.0 Å². The quantitative estimate of drug-likeness (QED) is 0.307. The van der Waals surface area contributed by atoms with E-state index in [4.69, 9.17) is 13.9 Å². The molecule has 2 aliphatic heterocycles. The number of nitrogens with one attached hydrogen (secondary N) is 4. The van der Waals surface area contributed by atoms with Crippen LogP contribution in [0.2, 0.25) is 0 Å². The summed E-state index contributed by atoms with van der Waals surface area (Å²) < 4.78 is 17.2. The van der Waals surface area contributed by atoms with Crippen LogP contribution in [0, 0.1) is 0 Å². The van der Waals surface area contributed by atoms with Gasteiger partial charge in [-0.3, -0.25) is 9.59 Å². The number of hydrogen-bond donors (Lipinski definition) is 4. The molecular weight excluding hydrogens is 476 g/mol. The van der Waals surface area contributed by atoms with E-state index in [9.17, 15) is 9.59 Å². The van der Waals surface area contributed by atoms with Crippen molar-refractivity contribution >= 4 is 57.4 Å². The predicted octanol–water partition coefficient (Wildman–Crippen LogP) is 4.93.